The van der Waals surface area contributed by atoms with Gasteiger partial charge in [-0.3, -0.25) is 19.7 Å². The molecule has 1 fully saturated rings. The second kappa shape index (κ2) is 10.2. The summed E-state index contributed by atoms with van der Waals surface area (Å²) in [7, 11) is 0. The van der Waals surface area contributed by atoms with Crippen molar-refractivity contribution in [3.63, 3.8) is 0 Å². The summed E-state index contributed by atoms with van der Waals surface area (Å²) in [6.07, 6.45) is 4.09. The van der Waals surface area contributed by atoms with Crippen LogP contribution in [0.3, 0.4) is 0 Å². The predicted octanol–water partition coefficient (Wildman–Crippen LogP) is 3.03. The van der Waals surface area contributed by atoms with E-state index in [2.05, 4.69) is 20.6 Å². The highest BCUT2D eigenvalue weighted by atomic mass is 19.1. The van der Waals surface area contributed by atoms with Crippen molar-refractivity contribution in [1.82, 2.24) is 20.6 Å². The standard InChI is InChI=1S/C24H24FN5O3/c1-16(31)28-14-21-15-30(24(32)33-21)20-4-5-22(23(25)10-20)18-2-3-19(29-12-18)13-27-11-17-6-8-26-9-7-17/h2-10,12,21,27H,11,13-15H2,1H3,(H,28,31)/t21-/m0/s1. The highest BCUT2D eigenvalue weighted by molar-refractivity contribution is 5.90. The second-order valence-electron chi connectivity index (χ2n) is 7.71. The zero-order valence-electron chi connectivity index (χ0n) is 18.1. The molecule has 33 heavy (non-hydrogen) atoms. The number of pyridine rings is 2. The Labute approximate surface area is 190 Å². The van der Waals surface area contributed by atoms with Crippen LogP contribution in [-0.4, -0.2) is 41.2 Å². The van der Waals surface area contributed by atoms with E-state index in [1.165, 1.54) is 17.9 Å². The fourth-order valence-corrected chi connectivity index (χ4v) is 3.53. The first kappa shape index (κ1) is 22.3. The minimum atomic E-state index is -0.567. The zero-order chi connectivity index (χ0) is 23.2. The molecule has 1 atom stereocenters. The second-order valence-corrected chi connectivity index (χ2v) is 7.71. The predicted molar refractivity (Wildman–Crippen MR) is 121 cm³/mol. The molecule has 0 unspecified atom stereocenters. The quantitative estimate of drug-likeness (QED) is 0.549. The number of hydrogen-bond acceptors (Lipinski definition) is 6. The summed E-state index contributed by atoms with van der Waals surface area (Å²) in [6, 6.07) is 12.2. The first-order valence-electron chi connectivity index (χ1n) is 10.6. The Morgan fingerprint density at radius 1 is 1.18 bits per heavy atom. The molecular formula is C24H24FN5O3. The first-order valence-corrected chi connectivity index (χ1v) is 10.6. The lowest BCUT2D eigenvalue weighted by atomic mass is 10.1. The Bertz CT molecular complexity index is 1120. The van der Waals surface area contributed by atoms with Gasteiger partial charge in [0.1, 0.15) is 11.9 Å². The molecule has 1 aliphatic rings. The number of carbonyl (C=O) groups is 2. The molecule has 2 amide bonds. The SMILES string of the molecule is CC(=O)NC[C@H]1CN(c2ccc(-c3ccc(CNCc4ccncc4)nc3)c(F)c2)C(=O)O1. The lowest BCUT2D eigenvalue weighted by Crippen LogP contribution is -2.33. The number of cyclic esters (lactones) is 1. The van der Waals surface area contributed by atoms with E-state index in [9.17, 15) is 14.0 Å². The molecule has 0 aliphatic carbocycles. The third kappa shape index (κ3) is 5.69. The Balaban J connectivity index is 1.37. The van der Waals surface area contributed by atoms with Crippen molar-refractivity contribution in [3.05, 3.63) is 78.1 Å². The maximum atomic E-state index is 14.9. The minimum absolute atomic E-state index is 0.205. The molecule has 170 valence electrons. The lowest BCUT2D eigenvalue weighted by Gasteiger charge is -2.14. The van der Waals surface area contributed by atoms with Crippen molar-refractivity contribution in [2.45, 2.75) is 26.1 Å². The summed E-state index contributed by atoms with van der Waals surface area (Å²) in [5.74, 6) is -0.667. The lowest BCUT2D eigenvalue weighted by molar-refractivity contribution is -0.119. The number of nitrogens with one attached hydrogen (secondary N) is 2. The molecular weight excluding hydrogens is 425 g/mol. The minimum Gasteiger partial charge on any atom is -0.442 e. The molecule has 0 radical (unpaired) electrons. The normalized spacial score (nSPS) is 15.4. The smallest absolute Gasteiger partial charge is 0.414 e. The zero-order valence-corrected chi connectivity index (χ0v) is 18.1. The molecule has 2 N–H and O–H groups in total. The first-order chi connectivity index (χ1) is 16.0. The van der Waals surface area contributed by atoms with Gasteiger partial charge in [0.05, 0.1) is 24.5 Å². The van der Waals surface area contributed by atoms with Crippen LogP contribution in [0.15, 0.2) is 61.1 Å². The third-order valence-electron chi connectivity index (χ3n) is 5.24. The molecule has 1 aliphatic heterocycles. The number of nitrogens with zero attached hydrogens (tertiary/aromatic N) is 3. The molecule has 3 heterocycles. The fourth-order valence-electron chi connectivity index (χ4n) is 3.53. The summed E-state index contributed by atoms with van der Waals surface area (Å²) < 4.78 is 20.1. The van der Waals surface area contributed by atoms with Crippen molar-refractivity contribution in [2.75, 3.05) is 18.0 Å². The molecule has 8 nitrogen and oxygen atoms in total. The molecule has 4 rings (SSSR count). The van der Waals surface area contributed by atoms with E-state index in [1.807, 2.05) is 24.3 Å². The van der Waals surface area contributed by atoms with Crippen LogP contribution in [0.2, 0.25) is 0 Å². The largest absolute Gasteiger partial charge is 0.442 e. The van der Waals surface area contributed by atoms with Crippen LogP contribution in [0.1, 0.15) is 18.2 Å². The van der Waals surface area contributed by atoms with Gasteiger partial charge in [-0.2, -0.15) is 0 Å². The van der Waals surface area contributed by atoms with Crippen LogP contribution in [-0.2, 0) is 22.6 Å². The van der Waals surface area contributed by atoms with Crippen molar-refractivity contribution in [2.24, 2.45) is 0 Å². The maximum absolute atomic E-state index is 14.9. The molecule has 0 spiro atoms. The number of hydrogen-bond donors (Lipinski definition) is 2. The summed E-state index contributed by atoms with van der Waals surface area (Å²) in [6.45, 7) is 3.13. The van der Waals surface area contributed by atoms with Gasteiger partial charge in [0.2, 0.25) is 5.91 Å². The van der Waals surface area contributed by atoms with Gasteiger partial charge in [0, 0.05) is 49.7 Å². The van der Waals surface area contributed by atoms with Gasteiger partial charge in [-0.25, -0.2) is 9.18 Å². The molecule has 2 aromatic heterocycles. The maximum Gasteiger partial charge on any atom is 0.414 e. The Morgan fingerprint density at radius 2 is 2.00 bits per heavy atom. The van der Waals surface area contributed by atoms with Crippen molar-refractivity contribution >= 4 is 17.7 Å². The van der Waals surface area contributed by atoms with Gasteiger partial charge in [-0.1, -0.05) is 6.07 Å². The number of rotatable bonds is 8. The van der Waals surface area contributed by atoms with Gasteiger partial charge in [0.25, 0.3) is 0 Å². The van der Waals surface area contributed by atoms with Crippen molar-refractivity contribution in [1.29, 1.82) is 0 Å². The van der Waals surface area contributed by atoms with Crippen molar-refractivity contribution < 1.29 is 18.7 Å². The topological polar surface area (TPSA) is 96.5 Å². The van der Waals surface area contributed by atoms with Crippen LogP contribution in [0.25, 0.3) is 11.1 Å². The van der Waals surface area contributed by atoms with Gasteiger partial charge < -0.3 is 15.4 Å². The highest BCUT2D eigenvalue weighted by Crippen LogP contribution is 2.28. The number of aromatic nitrogens is 2. The van der Waals surface area contributed by atoms with Crippen LogP contribution < -0.4 is 15.5 Å². The third-order valence-corrected chi connectivity index (χ3v) is 5.24. The van der Waals surface area contributed by atoms with Gasteiger partial charge >= 0.3 is 6.09 Å². The van der Waals surface area contributed by atoms with Crippen LogP contribution in [0, 0.1) is 5.82 Å². The molecule has 3 aromatic rings. The average Bonchev–Trinajstić information content (AvgIpc) is 3.19. The summed E-state index contributed by atoms with van der Waals surface area (Å²) in [4.78, 5) is 33.0. The van der Waals surface area contributed by atoms with Gasteiger partial charge in [0.15, 0.2) is 0 Å². The van der Waals surface area contributed by atoms with E-state index in [0.29, 0.717) is 29.9 Å². The number of ether oxygens (including phenoxy) is 1. The monoisotopic (exact) mass is 449 g/mol. The number of anilines is 1. The van der Waals surface area contributed by atoms with Crippen LogP contribution in [0.5, 0.6) is 0 Å². The van der Waals surface area contributed by atoms with E-state index >= 15 is 0 Å². The van der Waals surface area contributed by atoms with Crippen molar-refractivity contribution in [3.8, 4) is 11.1 Å². The highest BCUT2D eigenvalue weighted by Gasteiger charge is 2.32. The number of benzene rings is 1. The Morgan fingerprint density at radius 3 is 2.70 bits per heavy atom. The Hall–Kier alpha value is -3.85. The van der Waals surface area contributed by atoms with E-state index in [4.69, 9.17) is 4.74 Å². The van der Waals surface area contributed by atoms with E-state index in [0.717, 1.165) is 11.3 Å². The molecule has 0 saturated carbocycles. The van der Waals surface area contributed by atoms with Gasteiger partial charge in [-0.05, 0) is 42.0 Å². The molecule has 1 aromatic carbocycles. The fraction of sp³-hybridized carbons (Fsp3) is 0.250. The summed E-state index contributed by atoms with van der Waals surface area (Å²) >= 11 is 0. The molecule has 9 heteroatoms. The number of carbonyl (C=O) groups excluding carboxylic acids is 2. The van der Waals surface area contributed by atoms with E-state index in [-0.39, 0.29) is 19.0 Å². The van der Waals surface area contributed by atoms with E-state index < -0.39 is 18.0 Å². The van der Waals surface area contributed by atoms with Gasteiger partial charge in [-0.15, -0.1) is 0 Å². The molecule has 1 saturated heterocycles. The summed E-state index contributed by atoms with van der Waals surface area (Å²) in [5.41, 5.74) is 3.41. The molecule has 0 bridgehead atoms. The Kier molecular flexibility index (Phi) is 6.89. The summed E-state index contributed by atoms with van der Waals surface area (Å²) in [5, 5.41) is 5.93. The number of amides is 2. The number of halogens is 1. The van der Waals surface area contributed by atoms with E-state index in [1.54, 1.807) is 30.7 Å². The average molecular weight is 449 g/mol. The van der Waals surface area contributed by atoms with Crippen LogP contribution in [0.4, 0.5) is 14.9 Å². The van der Waals surface area contributed by atoms with Crippen LogP contribution >= 0.6 is 0 Å².